The van der Waals surface area contributed by atoms with Crippen molar-refractivity contribution in [3.8, 4) is 5.75 Å². The summed E-state index contributed by atoms with van der Waals surface area (Å²) in [7, 11) is 0. The second kappa shape index (κ2) is 10.4. The minimum absolute atomic E-state index is 0.164. The summed E-state index contributed by atoms with van der Waals surface area (Å²) in [5.74, 6) is 0.138. The quantitative estimate of drug-likeness (QED) is 0.417. The maximum atomic E-state index is 12.0. The minimum Gasteiger partial charge on any atom is -0.484 e. The number of hydrazone groups is 1. The third kappa shape index (κ3) is 6.37. The van der Waals surface area contributed by atoms with Crippen molar-refractivity contribution in [2.75, 3.05) is 13.2 Å². The molecule has 0 radical (unpaired) electrons. The van der Waals surface area contributed by atoms with E-state index >= 15 is 0 Å². The number of hydrogen-bond acceptors (Lipinski definition) is 5. The largest absolute Gasteiger partial charge is 0.484 e. The number of ether oxygens (including phenoxy) is 2. The van der Waals surface area contributed by atoms with Crippen molar-refractivity contribution in [3.63, 3.8) is 0 Å². The zero-order chi connectivity index (χ0) is 20.5. The molecule has 0 spiro atoms. The molecule has 0 fully saturated rings. The van der Waals surface area contributed by atoms with E-state index in [4.69, 9.17) is 9.47 Å². The molecular weight excluding hydrogens is 356 g/mol. The van der Waals surface area contributed by atoms with Crippen LogP contribution in [-0.4, -0.2) is 30.8 Å². The Labute approximate surface area is 166 Å². The first kappa shape index (κ1) is 21.4. The summed E-state index contributed by atoms with van der Waals surface area (Å²) >= 11 is 0. The Bertz CT molecular complexity index is 778. The molecule has 1 aromatic rings. The SMILES string of the molecule is C=C(C)C1CC=C(C)/C(=N\NC(=O)COc2ccc(C(=O)OCCC)cc2)C1. The van der Waals surface area contributed by atoms with Crippen LogP contribution in [0.5, 0.6) is 5.75 Å². The molecule has 6 heteroatoms. The van der Waals surface area contributed by atoms with Gasteiger partial charge in [0.2, 0.25) is 0 Å². The zero-order valence-corrected chi connectivity index (χ0v) is 16.8. The van der Waals surface area contributed by atoms with Gasteiger partial charge in [-0.25, -0.2) is 10.2 Å². The summed E-state index contributed by atoms with van der Waals surface area (Å²) in [6, 6.07) is 6.49. The highest BCUT2D eigenvalue weighted by Gasteiger charge is 2.18. The molecule has 0 aliphatic heterocycles. The van der Waals surface area contributed by atoms with Crippen molar-refractivity contribution in [1.29, 1.82) is 0 Å². The predicted octanol–water partition coefficient (Wildman–Crippen LogP) is 4.04. The third-order valence-electron chi connectivity index (χ3n) is 4.51. The lowest BCUT2D eigenvalue weighted by Gasteiger charge is -2.22. The number of carbonyl (C=O) groups excluding carboxylic acids is 2. The Morgan fingerprint density at radius 1 is 1.29 bits per heavy atom. The smallest absolute Gasteiger partial charge is 0.338 e. The van der Waals surface area contributed by atoms with Crippen molar-refractivity contribution < 1.29 is 19.1 Å². The first-order chi connectivity index (χ1) is 13.4. The van der Waals surface area contributed by atoms with Crippen LogP contribution in [-0.2, 0) is 9.53 Å². The molecule has 150 valence electrons. The molecule has 1 aliphatic carbocycles. The van der Waals surface area contributed by atoms with Crippen molar-refractivity contribution >= 4 is 17.6 Å². The van der Waals surface area contributed by atoms with E-state index in [-0.39, 0.29) is 18.5 Å². The van der Waals surface area contributed by atoms with Gasteiger partial charge in [-0.05, 0) is 68.9 Å². The monoisotopic (exact) mass is 384 g/mol. The van der Waals surface area contributed by atoms with Gasteiger partial charge in [0.25, 0.3) is 5.91 Å². The Kier molecular flexibility index (Phi) is 7.99. The molecule has 0 saturated heterocycles. The van der Waals surface area contributed by atoms with Crippen molar-refractivity contribution in [3.05, 3.63) is 53.6 Å². The van der Waals surface area contributed by atoms with E-state index in [1.165, 1.54) is 0 Å². The molecule has 6 nitrogen and oxygen atoms in total. The third-order valence-corrected chi connectivity index (χ3v) is 4.51. The highest BCUT2D eigenvalue weighted by molar-refractivity contribution is 6.01. The number of nitrogens with one attached hydrogen (secondary N) is 1. The van der Waals surface area contributed by atoms with Crippen LogP contribution in [0.2, 0.25) is 0 Å². The second-order valence-corrected chi connectivity index (χ2v) is 6.91. The highest BCUT2D eigenvalue weighted by Crippen LogP contribution is 2.26. The molecule has 1 amide bonds. The van der Waals surface area contributed by atoms with Crippen molar-refractivity contribution in [1.82, 2.24) is 5.43 Å². The normalized spacial score (nSPS) is 17.6. The first-order valence-corrected chi connectivity index (χ1v) is 9.48. The Morgan fingerprint density at radius 2 is 2.00 bits per heavy atom. The molecule has 1 N–H and O–H groups in total. The Hall–Kier alpha value is -2.89. The molecule has 1 unspecified atom stereocenters. The molecule has 0 aromatic heterocycles. The first-order valence-electron chi connectivity index (χ1n) is 9.48. The molecule has 0 saturated carbocycles. The number of amides is 1. The van der Waals surface area contributed by atoms with Gasteiger partial charge >= 0.3 is 5.97 Å². The molecule has 28 heavy (non-hydrogen) atoms. The average Bonchev–Trinajstić information content (AvgIpc) is 2.70. The Balaban J connectivity index is 1.84. The van der Waals surface area contributed by atoms with Crippen LogP contribution in [0.4, 0.5) is 0 Å². The number of rotatable bonds is 8. The maximum absolute atomic E-state index is 12.0. The van der Waals surface area contributed by atoms with E-state index in [0.29, 0.717) is 23.8 Å². The molecule has 1 aromatic carbocycles. The van der Waals surface area contributed by atoms with Crippen molar-refractivity contribution in [2.45, 2.75) is 40.0 Å². The molecule has 1 aliphatic rings. The van der Waals surface area contributed by atoms with E-state index in [9.17, 15) is 9.59 Å². The molecule has 0 heterocycles. The molecular formula is C22H28N2O4. The van der Waals surface area contributed by atoms with Crippen LogP contribution in [0.1, 0.15) is 50.4 Å². The fraction of sp³-hybridized carbons (Fsp3) is 0.409. The summed E-state index contributed by atoms with van der Waals surface area (Å²) in [5.41, 5.74) is 6.05. The van der Waals surface area contributed by atoms with Gasteiger partial charge < -0.3 is 9.47 Å². The lowest BCUT2D eigenvalue weighted by Crippen LogP contribution is -2.27. The predicted molar refractivity (Wildman–Crippen MR) is 109 cm³/mol. The summed E-state index contributed by atoms with van der Waals surface area (Å²) in [5, 5.41) is 4.24. The average molecular weight is 384 g/mol. The van der Waals surface area contributed by atoms with Crippen LogP contribution >= 0.6 is 0 Å². The summed E-state index contributed by atoms with van der Waals surface area (Å²) in [6.45, 7) is 10.2. The van der Waals surface area contributed by atoms with Crippen molar-refractivity contribution in [2.24, 2.45) is 11.0 Å². The highest BCUT2D eigenvalue weighted by atomic mass is 16.5. The van der Waals surface area contributed by atoms with Gasteiger partial charge in [-0.3, -0.25) is 4.79 Å². The molecule has 1 atom stereocenters. The number of esters is 1. The Morgan fingerprint density at radius 3 is 2.64 bits per heavy atom. The fourth-order valence-corrected chi connectivity index (χ4v) is 2.70. The lowest BCUT2D eigenvalue weighted by molar-refractivity contribution is -0.123. The second-order valence-electron chi connectivity index (χ2n) is 6.91. The van der Waals surface area contributed by atoms with Gasteiger partial charge in [0.1, 0.15) is 5.75 Å². The van der Waals surface area contributed by atoms with E-state index in [1.54, 1.807) is 24.3 Å². The topological polar surface area (TPSA) is 77.0 Å². The zero-order valence-electron chi connectivity index (χ0n) is 16.8. The number of benzene rings is 1. The van der Waals surface area contributed by atoms with Crippen LogP contribution in [0, 0.1) is 5.92 Å². The van der Waals surface area contributed by atoms with Gasteiger partial charge in [0.15, 0.2) is 6.61 Å². The summed E-state index contributed by atoms with van der Waals surface area (Å²) < 4.78 is 10.5. The number of carbonyl (C=O) groups is 2. The number of nitrogens with zero attached hydrogens (tertiary/aromatic N) is 1. The number of hydrogen-bond donors (Lipinski definition) is 1. The van der Waals surface area contributed by atoms with Gasteiger partial charge in [-0.2, -0.15) is 5.10 Å². The van der Waals surface area contributed by atoms with Crippen LogP contribution in [0.25, 0.3) is 0 Å². The van der Waals surface area contributed by atoms with Gasteiger partial charge in [0, 0.05) is 0 Å². The van der Waals surface area contributed by atoms with Crippen LogP contribution < -0.4 is 10.2 Å². The van der Waals surface area contributed by atoms with Gasteiger partial charge in [-0.1, -0.05) is 25.2 Å². The molecule has 2 rings (SSSR count). The fourth-order valence-electron chi connectivity index (χ4n) is 2.70. The summed E-state index contributed by atoms with van der Waals surface area (Å²) in [6.07, 6.45) is 4.63. The van der Waals surface area contributed by atoms with Crippen LogP contribution in [0.15, 0.2) is 53.2 Å². The van der Waals surface area contributed by atoms with E-state index in [2.05, 4.69) is 23.2 Å². The maximum Gasteiger partial charge on any atom is 0.338 e. The standard InChI is InChI=1S/C22H28N2O4/c1-5-12-27-22(26)17-8-10-19(11-9-17)28-14-21(25)24-23-20-13-18(15(2)3)7-6-16(20)4/h6,8-11,18H,2,5,7,12-14H2,1,3-4H3,(H,24,25)/b23-20-. The van der Waals surface area contributed by atoms with E-state index in [0.717, 1.165) is 36.1 Å². The summed E-state index contributed by atoms with van der Waals surface area (Å²) in [4.78, 5) is 23.8. The lowest BCUT2D eigenvalue weighted by atomic mass is 9.85. The van der Waals surface area contributed by atoms with E-state index in [1.807, 2.05) is 20.8 Å². The minimum atomic E-state index is -0.370. The number of allylic oxidation sites excluding steroid dienone is 3. The van der Waals surface area contributed by atoms with Gasteiger partial charge in [0.05, 0.1) is 17.9 Å². The van der Waals surface area contributed by atoms with E-state index < -0.39 is 0 Å². The molecule has 0 bridgehead atoms. The van der Waals surface area contributed by atoms with Crippen LogP contribution in [0.3, 0.4) is 0 Å². The van der Waals surface area contributed by atoms with Gasteiger partial charge in [-0.15, -0.1) is 0 Å².